The van der Waals surface area contributed by atoms with E-state index in [1.807, 2.05) is 35.2 Å². The van der Waals surface area contributed by atoms with Crippen molar-refractivity contribution in [2.45, 2.75) is 25.7 Å². The van der Waals surface area contributed by atoms with Gasteiger partial charge in [0.25, 0.3) is 5.91 Å². The number of hydrogen-bond donors (Lipinski definition) is 1. The number of hydrogen-bond acceptors (Lipinski definition) is 2. The SMILES string of the molecule is O=C(c1ccccc1)N1CCC2(CCCNC2=O)CC1. The van der Waals surface area contributed by atoms with Gasteiger partial charge in [-0.3, -0.25) is 9.59 Å². The van der Waals surface area contributed by atoms with E-state index in [4.69, 9.17) is 0 Å². The molecular formula is C16H20N2O2. The molecule has 2 amide bonds. The molecule has 0 aromatic heterocycles. The number of rotatable bonds is 1. The largest absolute Gasteiger partial charge is 0.356 e. The topological polar surface area (TPSA) is 49.4 Å². The van der Waals surface area contributed by atoms with Crippen LogP contribution < -0.4 is 5.32 Å². The van der Waals surface area contributed by atoms with Crippen LogP contribution in [-0.2, 0) is 4.79 Å². The zero-order valence-corrected chi connectivity index (χ0v) is 11.6. The molecule has 0 bridgehead atoms. The van der Waals surface area contributed by atoms with Gasteiger partial charge in [0.05, 0.1) is 5.41 Å². The van der Waals surface area contributed by atoms with E-state index >= 15 is 0 Å². The number of likely N-dealkylation sites (tertiary alicyclic amines) is 1. The standard InChI is InChI=1S/C16H20N2O2/c19-14(13-5-2-1-3-6-13)18-11-8-16(9-12-18)7-4-10-17-15(16)20/h1-3,5-6H,4,7-12H2,(H,17,20). The summed E-state index contributed by atoms with van der Waals surface area (Å²) in [6, 6.07) is 9.37. The first-order valence-corrected chi connectivity index (χ1v) is 7.34. The molecule has 1 spiro atoms. The van der Waals surface area contributed by atoms with Crippen LogP contribution in [0.4, 0.5) is 0 Å². The molecule has 2 heterocycles. The molecule has 0 saturated carbocycles. The van der Waals surface area contributed by atoms with Crippen LogP contribution in [0.5, 0.6) is 0 Å². The molecule has 0 atom stereocenters. The Morgan fingerprint density at radius 3 is 2.45 bits per heavy atom. The number of nitrogens with zero attached hydrogens (tertiary/aromatic N) is 1. The van der Waals surface area contributed by atoms with Gasteiger partial charge in [0.2, 0.25) is 5.91 Å². The maximum atomic E-state index is 12.4. The van der Waals surface area contributed by atoms with Gasteiger partial charge >= 0.3 is 0 Å². The van der Waals surface area contributed by atoms with Crippen molar-refractivity contribution in [2.75, 3.05) is 19.6 Å². The summed E-state index contributed by atoms with van der Waals surface area (Å²) in [7, 11) is 0. The number of carbonyl (C=O) groups is 2. The molecule has 106 valence electrons. The summed E-state index contributed by atoms with van der Waals surface area (Å²) in [5.74, 6) is 0.271. The molecule has 1 N–H and O–H groups in total. The van der Waals surface area contributed by atoms with Gasteiger partial charge < -0.3 is 10.2 Å². The van der Waals surface area contributed by atoms with Gasteiger partial charge in [0, 0.05) is 25.2 Å². The first-order valence-electron chi connectivity index (χ1n) is 7.34. The lowest BCUT2D eigenvalue weighted by Gasteiger charge is -2.42. The predicted molar refractivity (Wildman–Crippen MR) is 76.3 cm³/mol. The van der Waals surface area contributed by atoms with Gasteiger partial charge in [-0.15, -0.1) is 0 Å². The zero-order valence-electron chi connectivity index (χ0n) is 11.6. The van der Waals surface area contributed by atoms with E-state index in [2.05, 4.69) is 5.32 Å². The lowest BCUT2D eigenvalue weighted by atomic mass is 9.72. The van der Waals surface area contributed by atoms with Gasteiger partial charge in [0.15, 0.2) is 0 Å². The molecule has 1 aromatic carbocycles. The van der Waals surface area contributed by atoms with Crippen molar-refractivity contribution in [3.63, 3.8) is 0 Å². The highest BCUT2D eigenvalue weighted by atomic mass is 16.2. The summed E-state index contributed by atoms with van der Waals surface area (Å²) in [4.78, 5) is 26.4. The molecular weight excluding hydrogens is 252 g/mol. The van der Waals surface area contributed by atoms with Crippen molar-refractivity contribution in [3.05, 3.63) is 35.9 Å². The minimum absolute atomic E-state index is 0.0802. The van der Waals surface area contributed by atoms with Gasteiger partial charge in [-0.25, -0.2) is 0 Å². The molecule has 4 heteroatoms. The number of nitrogens with one attached hydrogen (secondary N) is 1. The van der Waals surface area contributed by atoms with E-state index in [0.29, 0.717) is 13.1 Å². The van der Waals surface area contributed by atoms with E-state index in [0.717, 1.165) is 37.8 Å². The van der Waals surface area contributed by atoms with Crippen molar-refractivity contribution in [1.29, 1.82) is 0 Å². The Morgan fingerprint density at radius 1 is 1.10 bits per heavy atom. The molecule has 2 fully saturated rings. The van der Waals surface area contributed by atoms with Gasteiger partial charge in [-0.05, 0) is 37.8 Å². The third kappa shape index (κ3) is 2.30. The maximum Gasteiger partial charge on any atom is 0.253 e. The number of carbonyl (C=O) groups excluding carboxylic acids is 2. The maximum absolute atomic E-state index is 12.4. The second kappa shape index (κ2) is 5.27. The Labute approximate surface area is 119 Å². The molecule has 20 heavy (non-hydrogen) atoms. The molecule has 4 nitrogen and oxygen atoms in total. The Balaban J connectivity index is 1.67. The van der Waals surface area contributed by atoms with E-state index in [-0.39, 0.29) is 17.2 Å². The van der Waals surface area contributed by atoms with Crippen LogP contribution in [0, 0.1) is 5.41 Å². The smallest absolute Gasteiger partial charge is 0.253 e. The first-order chi connectivity index (χ1) is 9.71. The highest BCUT2D eigenvalue weighted by Crippen LogP contribution is 2.38. The molecule has 0 unspecified atom stereocenters. The van der Waals surface area contributed by atoms with E-state index in [1.165, 1.54) is 0 Å². The third-order valence-electron chi connectivity index (χ3n) is 4.63. The van der Waals surface area contributed by atoms with E-state index in [9.17, 15) is 9.59 Å². The number of amides is 2. The quantitative estimate of drug-likeness (QED) is 0.847. The number of piperidine rings is 2. The summed E-state index contributed by atoms with van der Waals surface area (Å²) >= 11 is 0. The summed E-state index contributed by atoms with van der Waals surface area (Å²) in [6.45, 7) is 2.16. The van der Waals surface area contributed by atoms with Crippen molar-refractivity contribution in [2.24, 2.45) is 5.41 Å². The fourth-order valence-corrected chi connectivity index (χ4v) is 3.31. The van der Waals surface area contributed by atoms with Crippen LogP contribution in [-0.4, -0.2) is 36.3 Å². The Bertz CT molecular complexity index is 504. The van der Waals surface area contributed by atoms with Crippen LogP contribution in [0.3, 0.4) is 0 Å². The van der Waals surface area contributed by atoms with E-state index in [1.54, 1.807) is 0 Å². The summed E-state index contributed by atoms with van der Waals surface area (Å²) in [5, 5.41) is 2.98. The average Bonchev–Trinajstić information content (AvgIpc) is 2.51. The highest BCUT2D eigenvalue weighted by Gasteiger charge is 2.43. The predicted octanol–water partition coefficient (Wildman–Crippen LogP) is 1.82. The zero-order chi connectivity index (χ0) is 14.0. The van der Waals surface area contributed by atoms with E-state index < -0.39 is 0 Å². The van der Waals surface area contributed by atoms with Crippen LogP contribution in [0.2, 0.25) is 0 Å². The van der Waals surface area contributed by atoms with Crippen molar-refractivity contribution < 1.29 is 9.59 Å². The summed E-state index contributed by atoms with van der Waals surface area (Å²) < 4.78 is 0. The normalized spacial score (nSPS) is 21.6. The molecule has 0 aliphatic carbocycles. The van der Waals surface area contributed by atoms with Gasteiger partial charge in [0.1, 0.15) is 0 Å². The lowest BCUT2D eigenvalue weighted by molar-refractivity contribution is -0.136. The van der Waals surface area contributed by atoms with Crippen molar-refractivity contribution >= 4 is 11.8 Å². The Hall–Kier alpha value is -1.84. The highest BCUT2D eigenvalue weighted by molar-refractivity contribution is 5.94. The van der Waals surface area contributed by atoms with Gasteiger partial charge in [-0.2, -0.15) is 0 Å². The molecule has 3 rings (SSSR count). The van der Waals surface area contributed by atoms with Crippen LogP contribution in [0.15, 0.2) is 30.3 Å². The monoisotopic (exact) mass is 272 g/mol. The van der Waals surface area contributed by atoms with Crippen molar-refractivity contribution in [3.8, 4) is 0 Å². The molecule has 2 aliphatic rings. The Morgan fingerprint density at radius 2 is 1.80 bits per heavy atom. The summed E-state index contributed by atoms with van der Waals surface area (Å²) in [5.41, 5.74) is 0.516. The minimum Gasteiger partial charge on any atom is -0.356 e. The first kappa shape index (κ1) is 13.2. The molecule has 2 aliphatic heterocycles. The molecule has 2 saturated heterocycles. The van der Waals surface area contributed by atoms with Crippen LogP contribution >= 0.6 is 0 Å². The Kier molecular flexibility index (Phi) is 3.47. The van der Waals surface area contributed by atoms with Crippen LogP contribution in [0.1, 0.15) is 36.0 Å². The van der Waals surface area contributed by atoms with Gasteiger partial charge in [-0.1, -0.05) is 18.2 Å². The third-order valence-corrected chi connectivity index (χ3v) is 4.63. The lowest BCUT2D eigenvalue weighted by Crippen LogP contribution is -2.52. The van der Waals surface area contributed by atoms with Crippen molar-refractivity contribution in [1.82, 2.24) is 10.2 Å². The summed E-state index contributed by atoms with van der Waals surface area (Å²) in [6.07, 6.45) is 3.60. The number of benzene rings is 1. The average molecular weight is 272 g/mol. The fourth-order valence-electron chi connectivity index (χ4n) is 3.31. The second-order valence-corrected chi connectivity index (χ2v) is 5.80. The minimum atomic E-state index is -0.217. The second-order valence-electron chi connectivity index (χ2n) is 5.80. The molecule has 1 aromatic rings. The molecule has 0 radical (unpaired) electrons. The fraction of sp³-hybridized carbons (Fsp3) is 0.500. The van der Waals surface area contributed by atoms with Crippen LogP contribution in [0.25, 0.3) is 0 Å².